The zero-order chi connectivity index (χ0) is 17.6. The molecule has 23 heavy (non-hydrogen) atoms. The maximum atomic E-state index is 12.9. The number of hydrogen-bond acceptors (Lipinski definition) is 3. The Labute approximate surface area is 129 Å². The minimum Gasteiger partial charge on any atom is -0.477 e. The van der Waals surface area contributed by atoms with Crippen LogP contribution in [0.15, 0.2) is 12.1 Å². The van der Waals surface area contributed by atoms with Crippen molar-refractivity contribution in [3.63, 3.8) is 0 Å². The molecule has 1 fully saturated rings. The van der Waals surface area contributed by atoms with Gasteiger partial charge in [0.1, 0.15) is 4.88 Å². The average Bonchev–Trinajstić information content (AvgIpc) is 3.04. The molecule has 4 nitrogen and oxygen atoms in total. The lowest BCUT2D eigenvalue weighted by Crippen LogP contribution is -2.52. The van der Waals surface area contributed by atoms with Crippen molar-refractivity contribution >= 4 is 23.2 Å². The van der Waals surface area contributed by atoms with Gasteiger partial charge in [0.25, 0.3) is 5.91 Å². The Balaban J connectivity index is 2.27. The van der Waals surface area contributed by atoms with Crippen molar-refractivity contribution in [2.24, 2.45) is 5.41 Å². The highest BCUT2D eigenvalue weighted by Crippen LogP contribution is 2.55. The molecule has 1 aromatic rings. The summed E-state index contributed by atoms with van der Waals surface area (Å²) in [6, 6.07) is 2.13. The first-order valence-electron chi connectivity index (χ1n) is 6.15. The molecule has 0 spiro atoms. The number of carboxylic acids is 1. The molecule has 1 aliphatic heterocycles. The van der Waals surface area contributed by atoms with Crippen LogP contribution < -0.4 is 0 Å². The molecule has 0 atom stereocenters. The molecule has 0 bridgehead atoms. The molecule has 1 saturated heterocycles. The zero-order valence-electron chi connectivity index (χ0n) is 11.2. The number of likely N-dealkylation sites (tertiary alicyclic amines) is 1. The number of nitrogens with zero attached hydrogens (tertiary/aromatic N) is 1. The van der Waals surface area contributed by atoms with Crippen molar-refractivity contribution in [2.45, 2.75) is 18.8 Å². The van der Waals surface area contributed by atoms with E-state index in [1.807, 2.05) is 0 Å². The summed E-state index contributed by atoms with van der Waals surface area (Å²) in [6.07, 6.45) is -12.4. The molecular weight excluding hydrogens is 352 g/mol. The highest BCUT2D eigenvalue weighted by molar-refractivity contribution is 7.15. The van der Waals surface area contributed by atoms with Crippen LogP contribution in [0.1, 0.15) is 25.8 Å². The van der Waals surface area contributed by atoms with Crippen LogP contribution >= 0.6 is 11.3 Å². The fraction of sp³-hybridized carbons (Fsp3) is 0.500. The van der Waals surface area contributed by atoms with Gasteiger partial charge in [-0.05, 0) is 18.6 Å². The van der Waals surface area contributed by atoms with Crippen molar-refractivity contribution in [3.05, 3.63) is 21.9 Å². The largest absolute Gasteiger partial charge is 0.477 e. The molecule has 11 heteroatoms. The lowest BCUT2D eigenvalue weighted by molar-refractivity contribution is -0.334. The number of amides is 1. The van der Waals surface area contributed by atoms with Gasteiger partial charge >= 0.3 is 18.3 Å². The van der Waals surface area contributed by atoms with Crippen molar-refractivity contribution < 1.29 is 41.0 Å². The SMILES string of the molecule is O=C(O)c1ccc(C(=O)N2CCC(C(F)(F)F)(C(F)(F)F)C2)s1. The molecule has 1 aliphatic rings. The van der Waals surface area contributed by atoms with Gasteiger partial charge in [0.2, 0.25) is 0 Å². The summed E-state index contributed by atoms with van der Waals surface area (Å²) in [5, 5.41) is 8.73. The Kier molecular flexibility index (Phi) is 4.12. The summed E-state index contributed by atoms with van der Waals surface area (Å²) in [5.41, 5.74) is -3.96. The van der Waals surface area contributed by atoms with Crippen molar-refractivity contribution in [1.29, 1.82) is 0 Å². The summed E-state index contributed by atoms with van der Waals surface area (Å²) in [4.78, 5) is 22.8. The van der Waals surface area contributed by atoms with Gasteiger partial charge in [0.15, 0.2) is 5.41 Å². The Bertz CT molecular complexity index is 621. The number of carbonyl (C=O) groups is 2. The first-order chi connectivity index (χ1) is 10.4. The number of aromatic carboxylic acids is 1. The van der Waals surface area contributed by atoms with E-state index < -0.39 is 49.2 Å². The molecule has 0 saturated carbocycles. The number of carboxylic acid groups (broad SMARTS) is 1. The van der Waals surface area contributed by atoms with Crippen LogP contribution in [0.4, 0.5) is 26.3 Å². The van der Waals surface area contributed by atoms with E-state index in [1.54, 1.807) is 0 Å². The van der Waals surface area contributed by atoms with Gasteiger partial charge in [-0.25, -0.2) is 4.79 Å². The third-order valence-electron chi connectivity index (χ3n) is 3.67. The van der Waals surface area contributed by atoms with E-state index in [9.17, 15) is 35.9 Å². The fourth-order valence-electron chi connectivity index (χ4n) is 2.33. The molecule has 1 N–H and O–H groups in total. The van der Waals surface area contributed by atoms with E-state index in [2.05, 4.69) is 0 Å². The Hall–Kier alpha value is -1.78. The highest BCUT2D eigenvalue weighted by Gasteiger charge is 2.72. The van der Waals surface area contributed by atoms with Crippen LogP contribution in [0.2, 0.25) is 0 Å². The second-order valence-corrected chi connectivity index (χ2v) is 6.11. The lowest BCUT2D eigenvalue weighted by Gasteiger charge is -2.33. The minimum absolute atomic E-state index is 0.220. The number of halogens is 6. The van der Waals surface area contributed by atoms with E-state index in [1.165, 1.54) is 0 Å². The number of carbonyl (C=O) groups excluding carboxylic acids is 1. The minimum atomic E-state index is -5.54. The molecule has 0 aromatic carbocycles. The van der Waals surface area contributed by atoms with E-state index in [0.717, 1.165) is 12.1 Å². The van der Waals surface area contributed by atoms with E-state index in [-0.39, 0.29) is 9.75 Å². The summed E-state index contributed by atoms with van der Waals surface area (Å²) in [6.45, 7) is -2.24. The third-order valence-corrected chi connectivity index (χ3v) is 4.73. The number of alkyl halides is 6. The van der Waals surface area contributed by atoms with Crippen molar-refractivity contribution in [3.8, 4) is 0 Å². The summed E-state index contributed by atoms with van der Waals surface area (Å²) in [5.74, 6) is -2.38. The second kappa shape index (κ2) is 5.39. The van der Waals surface area contributed by atoms with E-state index >= 15 is 0 Å². The smallest absolute Gasteiger partial charge is 0.404 e. The monoisotopic (exact) mass is 361 g/mol. The number of thiophene rings is 1. The van der Waals surface area contributed by atoms with Gasteiger partial charge in [-0.1, -0.05) is 0 Å². The zero-order valence-corrected chi connectivity index (χ0v) is 12.0. The first-order valence-corrected chi connectivity index (χ1v) is 6.96. The third kappa shape index (κ3) is 2.89. The average molecular weight is 361 g/mol. The van der Waals surface area contributed by atoms with Gasteiger partial charge < -0.3 is 10.0 Å². The van der Waals surface area contributed by atoms with Gasteiger partial charge in [-0.3, -0.25) is 4.79 Å². The van der Waals surface area contributed by atoms with Gasteiger partial charge in [-0.15, -0.1) is 11.3 Å². The maximum Gasteiger partial charge on any atom is 0.404 e. The number of hydrogen-bond donors (Lipinski definition) is 1. The number of rotatable bonds is 2. The summed E-state index contributed by atoms with van der Waals surface area (Å²) < 4.78 is 77.6. The first kappa shape index (κ1) is 17.6. The van der Waals surface area contributed by atoms with Crippen molar-refractivity contribution in [2.75, 3.05) is 13.1 Å². The quantitative estimate of drug-likeness (QED) is 0.822. The Morgan fingerprint density at radius 1 is 1.09 bits per heavy atom. The standard InChI is InChI=1S/C12H9F6NO3S/c13-11(14,15)10(12(16,17)18)3-4-19(5-10)8(20)6-1-2-7(23-6)9(21)22/h1-2H,3-5H2,(H,21,22). The van der Waals surface area contributed by atoms with E-state index in [0.29, 0.717) is 16.2 Å². The topological polar surface area (TPSA) is 57.6 Å². The van der Waals surface area contributed by atoms with E-state index in [4.69, 9.17) is 5.11 Å². The van der Waals surface area contributed by atoms with Crippen LogP contribution in [0.3, 0.4) is 0 Å². The molecule has 0 unspecified atom stereocenters. The van der Waals surface area contributed by atoms with Crippen LogP contribution in [-0.2, 0) is 0 Å². The summed E-state index contributed by atoms with van der Waals surface area (Å²) >= 11 is 0.498. The maximum absolute atomic E-state index is 12.9. The predicted octanol–water partition coefficient (Wildman–Crippen LogP) is 3.40. The van der Waals surface area contributed by atoms with Crippen LogP contribution in [0.25, 0.3) is 0 Å². The van der Waals surface area contributed by atoms with Gasteiger partial charge in [0, 0.05) is 13.1 Å². The van der Waals surface area contributed by atoms with Crippen LogP contribution in [0, 0.1) is 5.41 Å². The Morgan fingerprint density at radius 2 is 1.61 bits per heavy atom. The van der Waals surface area contributed by atoms with Gasteiger partial charge in [-0.2, -0.15) is 26.3 Å². The van der Waals surface area contributed by atoms with Gasteiger partial charge in [0.05, 0.1) is 4.88 Å². The molecule has 1 amide bonds. The molecular formula is C12H9F6NO3S. The molecule has 2 heterocycles. The summed E-state index contributed by atoms with van der Waals surface area (Å²) in [7, 11) is 0. The lowest BCUT2D eigenvalue weighted by atomic mass is 9.85. The molecule has 0 radical (unpaired) electrons. The molecule has 2 rings (SSSR count). The molecule has 128 valence electrons. The van der Waals surface area contributed by atoms with Crippen LogP contribution in [0.5, 0.6) is 0 Å². The second-order valence-electron chi connectivity index (χ2n) is 5.02. The van der Waals surface area contributed by atoms with Crippen molar-refractivity contribution in [1.82, 2.24) is 4.90 Å². The highest BCUT2D eigenvalue weighted by atomic mass is 32.1. The molecule has 0 aliphatic carbocycles. The van der Waals surface area contributed by atoms with Crippen LogP contribution in [-0.4, -0.2) is 47.3 Å². The predicted molar refractivity (Wildman–Crippen MR) is 66.3 cm³/mol. The normalized spacial score (nSPS) is 18.3. The fourth-order valence-corrected chi connectivity index (χ4v) is 3.14. The molecule has 1 aromatic heterocycles. The Morgan fingerprint density at radius 3 is 2.00 bits per heavy atom.